The van der Waals surface area contributed by atoms with E-state index < -0.39 is 67.2 Å². The average Bonchev–Trinajstić information content (AvgIpc) is 2.40. The van der Waals surface area contributed by atoms with Crippen LogP contribution in [0.2, 0.25) is 0 Å². The van der Waals surface area contributed by atoms with Crippen LogP contribution >= 0.6 is 11.8 Å². The maximum atomic E-state index is 13.6. The molecule has 15 heteroatoms. The van der Waals surface area contributed by atoms with E-state index in [1.165, 1.54) is 5.40 Å². The summed E-state index contributed by atoms with van der Waals surface area (Å²) < 4.78 is 165. The topological polar surface area (TPSA) is 23.8 Å². The van der Waals surface area contributed by atoms with E-state index in [-0.39, 0.29) is 11.8 Å². The Morgan fingerprint density at radius 3 is 1.41 bits per heavy atom. The molecule has 0 aliphatic carbocycles. The molecular formula is C12H10F13NS. The average molecular weight is 447 g/mol. The van der Waals surface area contributed by atoms with Crippen molar-refractivity contribution >= 4 is 11.8 Å². The van der Waals surface area contributed by atoms with Crippen molar-refractivity contribution in [2.24, 2.45) is 11.8 Å². The van der Waals surface area contributed by atoms with Gasteiger partial charge in [0.2, 0.25) is 0 Å². The van der Waals surface area contributed by atoms with Crippen LogP contribution in [0.25, 0.3) is 0 Å². The molecule has 2 atom stereocenters. The molecule has 0 N–H and O–H groups in total. The van der Waals surface area contributed by atoms with Crippen LogP contribution in [-0.2, 0) is 0 Å². The van der Waals surface area contributed by atoms with Crippen molar-refractivity contribution in [1.29, 1.82) is 5.26 Å². The predicted molar refractivity (Wildman–Crippen MR) is 67.0 cm³/mol. The Morgan fingerprint density at radius 1 is 0.704 bits per heavy atom. The molecule has 0 aromatic rings. The minimum absolute atomic E-state index is 0.199. The van der Waals surface area contributed by atoms with Gasteiger partial charge in [0.05, 0.1) is 11.8 Å². The van der Waals surface area contributed by atoms with Gasteiger partial charge in [-0.1, -0.05) is 0 Å². The molecule has 0 fully saturated rings. The molecule has 0 bridgehead atoms. The summed E-state index contributed by atoms with van der Waals surface area (Å²) in [6, 6.07) is 0. The second-order valence-corrected chi connectivity index (χ2v) is 6.32. The van der Waals surface area contributed by atoms with Gasteiger partial charge in [0.1, 0.15) is 5.40 Å². The molecular weight excluding hydrogens is 437 g/mol. The van der Waals surface area contributed by atoms with Gasteiger partial charge in [0.15, 0.2) is 0 Å². The van der Waals surface area contributed by atoms with E-state index in [0.29, 0.717) is 0 Å². The molecule has 160 valence electrons. The SMILES string of the molecule is N#CSCCC(CC(CC(F)(C(F)(F)F)C(F)(F)F)C(F)(F)F)C(F)(F)F. The van der Waals surface area contributed by atoms with Crippen LogP contribution in [0.5, 0.6) is 0 Å². The summed E-state index contributed by atoms with van der Waals surface area (Å²) in [4.78, 5) is 0. The van der Waals surface area contributed by atoms with Gasteiger partial charge in [-0.25, -0.2) is 4.39 Å². The minimum Gasteiger partial charge on any atom is -0.224 e. The van der Waals surface area contributed by atoms with Gasteiger partial charge in [-0.15, -0.1) is 0 Å². The molecule has 0 rings (SSSR count). The monoisotopic (exact) mass is 447 g/mol. The van der Waals surface area contributed by atoms with Crippen LogP contribution in [0, 0.1) is 22.5 Å². The van der Waals surface area contributed by atoms with E-state index in [1.807, 2.05) is 0 Å². The van der Waals surface area contributed by atoms with Crippen molar-refractivity contribution in [3.63, 3.8) is 0 Å². The lowest BCUT2D eigenvalue weighted by atomic mass is 9.83. The van der Waals surface area contributed by atoms with Crippen LogP contribution in [0.4, 0.5) is 57.1 Å². The highest BCUT2D eigenvalue weighted by Crippen LogP contribution is 2.53. The van der Waals surface area contributed by atoms with Gasteiger partial charge in [-0.2, -0.15) is 57.9 Å². The highest BCUT2D eigenvalue weighted by Gasteiger charge is 2.74. The van der Waals surface area contributed by atoms with Crippen molar-refractivity contribution in [3.8, 4) is 5.40 Å². The fourth-order valence-electron chi connectivity index (χ4n) is 2.07. The largest absolute Gasteiger partial charge is 0.431 e. The van der Waals surface area contributed by atoms with Crippen molar-refractivity contribution < 1.29 is 57.1 Å². The lowest BCUT2D eigenvalue weighted by molar-refractivity contribution is -0.353. The number of rotatable bonds is 7. The summed E-state index contributed by atoms with van der Waals surface area (Å²) in [5.74, 6) is -7.52. The number of thiocyanates is 1. The molecule has 27 heavy (non-hydrogen) atoms. The number of thioether (sulfide) groups is 1. The molecule has 0 spiro atoms. The zero-order valence-corrected chi connectivity index (χ0v) is 13.6. The molecule has 0 aromatic carbocycles. The van der Waals surface area contributed by atoms with E-state index in [0.717, 1.165) is 0 Å². The first-order chi connectivity index (χ1) is 11.8. The molecule has 0 saturated heterocycles. The molecule has 0 aliphatic rings. The first-order valence-electron chi connectivity index (χ1n) is 6.74. The van der Waals surface area contributed by atoms with E-state index >= 15 is 0 Å². The number of halogens is 13. The van der Waals surface area contributed by atoms with E-state index in [1.54, 1.807) is 0 Å². The highest BCUT2D eigenvalue weighted by atomic mass is 32.2. The van der Waals surface area contributed by atoms with E-state index in [4.69, 9.17) is 5.26 Å². The Morgan fingerprint density at radius 2 is 1.11 bits per heavy atom. The zero-order chi connectivity index (χ0) is 21.9. The summed E-state index contributed by atoms with van der Waals surface area (Å²) in [5, 5.41) is 9.48. The summed E-state index contributed by atoms with van der Waals surface area (Å²) >= 11 is 0.199. The van der Waals surface area contributed by atoms with Crippen LogP contribution in [0.15, 0.2) is 0 Å². The van der Waals surface area contributed by atoms with Crippen molar-refractivity contribution in [1.82, 2.24) is 0 Å². The Labute approximate surface area is 147 Å². The van der Waals surface area contributed by atoms with Gasteiger partial charge >= 0.3 is 24.7 Å². The summed E-state index contributed by atoms with van der Waals surface area (Å²) in [6.07, 6.45) is -31.7. The van der Waals surface area contributed by atoms with Crippen molar-refractivity contribution in [2.45, 2.75) is 49.6 Å². The zero-order valence-electron chi connectivity index (χ0n) is 12.8. The molecule has 1 nitrogen and oxygen atoms in total. The number of hydrogen-bond donors (Lipinski definition) is 0. The van der Waals surface area contributed by atoms with Gasteiger partial charge < -0.3 is 0 Å². The van der Waals surface area contributed by atoms with Crippen LogP contribution in [0.1, 0.15) is 19.3 Å². The number of alkyl halides is 13. The fourth-order valence-corrected chi connectivity index (χ4v) is 2.56. The highest BCUT2D eigenvalue weighted by molar-refractivity contribution is 8.03. The lowest BCUT2D eigenvalue weighted by Gasteiger charge is -2.35. The Balaban J connectivity index is 5.83. The summed E-state index contributed by atoms with van der Waals surface area (Å²) in [5.41, 5.74) is -6.34. The molecule has 0 heterocycles. The maximum Gasteiger partial charge on any atom is 0.431 e. The summed E-state index contributed by atoms with van der Waals surface area (Å²) in [7, 11) is 0. The molecule has 0 aliphatic heterocycles. The summed E-state index contributed by atoms with van der Waals surface area (Å²) in [6.45, 7) is 0. The fraction of sp³-hybridized carbons (Fsp3) is 0.917. The third kappa shape index (κ3) is 7.11. The van der Waals surface area contributed by atoms with Crippen molar-refractivity contribution in [2.75, 3.05) is 5.75 Å². The Kier molecular flexibility index (Phi) is 8.18. The van der Waals surface area contributed by atoms with Gasteiger partial charge in [0.25, 0.3) is 5.67 Å². The predicted octanol–water partition coefficient (Wildman–Crippen LogP) is 6.56. The number of hydrogen-bond acceptors (Lipinski definition) is 2. The lowest BCUT2D eigenvalue weighted by Crippen LogP contribution is -2.55. The van der Waals surface area contributed by atoms with Gasteiger partial charge in [-0.05, 0) is 24.6 Å². The van der Waals surface area contributed by atoms with E-state index in [9.17, 15) is 57.1 Å². The van der Waals surface area contributed by atoms with Crippen LogP contribution < -0.4 is 0 Å². The van der Waals surface area contributed by atoms with Gasteiger partial charge in [-0.3, -0.25) is 0 Å². The third-order valence-corrected chi connectivity index (χ3v) is 4.12. The Hall–Kier alpha value is -1.07. The van der Waals surface area contributed by atoms with Crippen molar-refractivity contribution in [3.05, 3.63) is 0 Å². The second-order valence-electron chi connectivity index (χ2n) is 5.44. The standard InChI is InChI=1S/C12H10F13NS/c13-8(11(20,21)22,12(23,24)25)4-7(10(17,18)19)3-6(9(14,15)16)1-2-27-5-26/h6-7H,1-4H2. The van der Waals surface area contributed by atoms with Crippen LogP contribution in [-0.4, -0.2) is 36.1 Å². The third-order valence-electron chi connectivity index (χ3n) is 3.55. The second kappa shape index (κ2) is 8.52. The molecule has 2 unspecified atom stereocenters. The number of nitriles is 1. The Bertz CT molecular complexity index is 496. The first-order valence-corrected chi connectivity index (χ1v) is 7.72. The normalized spacial score (nSPS) is 16.7. The quantitative estimate of drug-likeness (QED) is 0.251. The molecule has 0 saturated carbocycles. The maximum absolute atomic E-state index is 13.6. The molecule has 0 amide bonds. The minimum atomic E-state index is -6.82. The van der Waals surface area contributed by atoms with Crippen LogP contribution in [0.3, 0.4) is 0 Å². The smallest absolute Gasteiger partial charge is 0.224 e. The number of nitrogens with zero attached hydrogens (tertiary/aromatic N) is 1. The molecule has 0 aromatic heterocycles. The molecule has 0 radical (unpaired) electrons. The van der Waals surface area contributed by atoms with E-state index in [2.05, 4.69) is 0 Å². The first kappa shape index (κ1) is 25.9. The van der Waals surface area contributed by atoms with Gasteiger partial charge in [0, 0.05) is 12.2 Å².